The molecule has 0 spiro atoms. The SMILES string of the molecule is CCNC(CCOc1cccc2ccc(C)nc12)C(=O)O. The summed E-state index contributed by atoms with van der Waals surface area (Å²) in [5, 5.41) is 13.0. The number of nitrogens with zero attached hydrogens (tertiary/aromatic N) is 1. The number of ether oxygens (including phenoxy) is 1. The molecule has 2 rings (SSSR count). The second kappa shape index (κ2) is 7.04. The number of nitrogens with one attached hydrogen (secondary N) is 1. The molecule has 0 aliphatic carbocycles. The summed E-state index contributed by atoms with van der Waals surface area (Å²) in [6.07, 6.45) is 0.408. The van der Waals surface area contributed by atoms with Gasteiger partial charge in [0.15, 0.2) is 0 Å². The maximum absolute atomic E-state index is 11.1. The summed E-state index contributed by atoms with van der Waals surface area (Å²) in [6, 6.07) is 9.12. The molecule has 21 heavy (non-hydrogen) atoms. The first-order chi connectivity index (χ1) is 10.1. The van der Waals surface area contributed by atoms with Crippen molar-refractivity contribution in [2.45, 2.75) is 26.3 Å². The molecular formula is C16H20N2O3. The van der Waals surface area contributed by atoms with Crippen LogP contribution in [0.25, 0.3) is 10.9 Å². The van der Waals surface area contributed by atoms with Crippen molar-refractivity contribution in [3.8, 4) is 5.75 Å². The second-order valence-corrected chi connectivity index (χ2v) is 4.87. The fraction of sp³-hybridized carbons (Fsp3) is 0.375. The van der Waals surface area contributed by atoms with E-state index in [1.165, 1.54) is 0 Å². The van der Waals surface area contributed by atoms with Crippen LogP contribution >= 0.6 is 0 Å². The first-order valence-corrected chi connectivity index (χ1v) is 7.07. The zero-order valence-corrected chi connectivity index (χ0v) is 12.3. The monoisotopic (exact) mass is 288 g/mol. The number of aliphatic carboxylic acids is 1. The zero-order valence-electron chi connectivity index (χ0n) is 12.3. The fourth-order valence-electron chi connectivity index (χ4n) is 2.18. The van der Waals surface area contributed by atoms with Crippen molar-refractivity contribution < 1.29 is 14.6 Å². The minimum absolute atomic E-state index is 0.332. The van der Waals surface area contributed by atoms with E-state index in [2.05, 4.69) is 10.3 Å². The molecule has 0 aliphatic heterocycles. The van der Waals surface area contributed by atoms with Crippen LogP contribution < -0.4 is 10.1 Å². The third kappa shape index (κ3) is 3.92. The molecule has 2 N–H and O–H groups in total. The normalized spacial score (nSPS) is 12.3. The van der Waals surface area contributed by atoms with Gasteiger partial charge in [-0.25, -0.2) is 4.98 Å². The number of para-hydroxylation sites is 1. The van der Waals surface area contributed by atoms with Crippen molar-refractivity contribution >= 4 is 16.9 Å². The van der Waals surface area contributed by atoms with Crippen molar-refractivity contribution in [2.75, 3.05) is 13.2 Å². The predicted octanol–water partition coefficient (Wildman–Crippen LogP) is 2.37. The molecule has 1 aromatic heterocycles. The quantitative estimate of drug-likeness (QED) is 0.818. The highest BCUT2D eigenvalue weighted by atomic mass is 16.5. The summed E-state index contributed by atoms with van der Waals surface area (Å²) in [6.45, 7) is 4.76. The van der Waals surface area contributed by atoms with E-state index in [1.54, 1.807) is 0 Å². The van der Waals surface area contributed by atoms with Gasteiger partial charge in [-0.15, -0.1) is 0 Å². The van der Waals surface area contributed by atoms with Crippen molar-refractivity contribution in [2.24, 2.45) is 0 Å². The highest BCUT2D eigenvalue weighted by Crippen LogP contribution is 2.24. The number of likely N-dealkylation sites (N-methyl/N-ethyl adjacent to an activating group) is 1. The largest absolute Gasteiger partial charge is 0.491 e. The number of aryl methyl sites for hydroxylation is 1. The average Bonchev–Trinajstić information content (AvgIpc) is 2.46. The molecule has 5 heteroatoms. The van der Waals surface area contributed by atoms with Gasteiger partial charge >= 0.3 is 5.97 Å². The number of carbonyl (C=O) groups is 1. The zero-order chi connectivity index (χ0) is 15.2. The summed E-state index contributed by atoms with van der Waals surface area (Å²) < 4.78 is 5.74. The van der Waals surface area contributed by atoms with Gasteiger partial charge in [0.05, 0.1) is 6.61 Å². The Hall–Kier alpha value is -2.14. The van der Waals surface area contributed by atoms with Crippen LogP contribution in [0.4, 0.5) is 0 Å². The van der Waals surface area contributed by atoms with Gasteiger partial charge in [0.2, 0.25) is 0 Å². The molecule has 0 aliphatic rings. The number of aromatic nitrogens is 1. The molecule has 1 unspecified atom stereocenters. The standard InChI is InChI=1S/C16H20N2O3/c1-3-17-13(16(19)20)9-10-21-14-6-4-5-12-8-7-11(2)18-15(12)14/h4-8,13,17H,3,9-10H2,1-2H3,(H,19,20). The van der Waals surface area contributed by atoms with Crippen LogP contribution in [-0.2, 0) is 4.79 Å². The second-order valence-electron chi connectivity index (χ2n) is 4.87. The Labute approximate surface area is 124 Å². The summed E-state index contributed by atoms with van der Waals surface area (Å²) in [5.74, 6) is -0.163. The van der Waals surface area contributed by atoms with E-state index in [4.69, 9.17) is 9.84 Å². The van der Waals surface area contributed by atoms with Gasteiger partial charge in [0.25, 0.3) is 0 Å². The molecule has 0 radical (unpaired) electrons. The molecule has 112 valence electrons. The van der Waals surface area contributed by atoms with Crippen LogP contribution in [0.3, 0.4) is 0 Å². The lowest BCUT2D eigenvalue weighted by Gasteiger charge is -2.14. The lowest BCUT2D eigenvalue weighted by Crippen LogP contribution is -2.37. The van der Waals surface area contributed by atoms with Crippen molar-refractivity contribution in [1.29, 1.82) is 0 Å². The first kappa shape index (κ1) is 15.3. The number of benzene rings is 1. The van der Waals surface area contributed by atoms with E-state index < -0.39 is 12.0 Å². The summed E-state index contributed by atoms with van der Waals surface area (Å²) in [5.41, 5.74) is 1.74. The van der Waals surface area contributed by atoms with E-state index in [1.807, 2.05) is 44.2 Å². The van der Waals surface area contributed by atoms with Gasteiger partial charge in [0, 0.05) is 17.5 Å². The molecular weight excluding hydrogens is 268 g/mol. The van der Waals surface area contributed by atoms with Crippen LogP contribution in [0.1, 0.15) is 19.0 Å². The lowest BCUT2D eigenvalue weighted by molar-refractivity contribution is -0.139. The summed E-state index contributed by atoms with van der Waals surface area (Å²) >= 11 is 0. The highest BCUT2D eigenvalue weighted by molar-refractivity contribution is 5.84. The number of hydrogen-bond donors (Lipinski definition) is 2. The molecule has 2 aromatic rings. The molecule has 1 heterocycles. The number of rotatable bonds is 7. The summed E-state index contributed by atoms with van der Waals surface area (Å²) in [4.78, 5) is 15.5. The molecule has 0 amide bonds. The van der Waals surface area contributed by atoms with Crippen LogP contribution in [0.15, 0.2) is 30.3 Å². The van der Waals surface area contributed by atoms with E-state index >= 15 is 0 Å². The maximum Gasteiger partial charge on any atom is 0.320 e. The predicted molar refractivity (Wildman–Crippen MR) is 81.7 cm³/mol. The van der Waals surface area contributed by atoms with Gasteiger partial charge in [-0.05, 0) is 25.6 Å². The third-order valence-electron chi connectivity index (χ3n) is 3.24. The Morgan fingerprint density at radius 3 is 2.90 bits per heavy atom. The number of carboxylic acid groups (broad SMARTS) is 1. The van der Waals surface area contributed by atoms with Crippen LogP contribution in [0.5, 0.6) is 5.75 Å². The van der Waals surface area contributed by atoms with Gasteiger partial charge in [-0.1, -0.05) is 25.1 Å². The number of carboxylic acids is 1. The van der Waals surface area contributed by atoms with Crippen molar-refractivity contribution in [1.82, 2.24) is 10.3 Å². The Bertz CT molecular complexity index is 628. The molecule has 0 fully saturated rings. The lowest BCUT2D eigenvalue weighted by atomic mass is 10.2. The molecule has 0 bridgehead atoms. The Morgan fingerprint density at radius 2 is 2.19 bits per heavy atom. The van der Waals surface area contributed by atoms with Gasteiger partial charge in [-0.2, -0.15) is 0 Å². The Balaban J connectivity index is 2.06. The highest BCUT2D eigenvalue weighted by Gasteiger charge is 2.15. The van der Waals surface area contributed by atoms with Crippen LogP contribution in [-0.4, -0.2) is 35.3 Å². The topological polar surface area (TPSA) is 71.5 Å². The average molecular weight is 288 g/mol. The van der Waals surface area contributed by atoms with E-state index in [-0.39, 0.29) is 0 Å². The van der Waals surface area contributed by atoms with Crippen LogP contribution in [0, 0.1) is 6.92 Å². The Kier molecular flexibility index (Phi) is 5.11. The molecule has 1 atom stereocenters. The van der Waals surface area contributed by atoms with Gasteiger partial charge in [0.1, 0.15) is 17.3 Å². The molecule has 0 saturated carbocycles. The van der Waals surface area contributed by atoms with E-state index in [0.29, 0.717) is 25.3 Å². The Morgan fingerprint density at radius 1 is 1.38 bits per heavy atom. The van der Waals surface area contributed by atoms with Crippen molar-refractivity contribution in [3.05, 3.63) is 36.0 Å². The fourth-order valence-corrected chi connectivity index (χ4v) is 2.18. The summed E-state index contributed by atoms with van der Waals surface area (Å²) in [7, 11) is 0. The number of pyridine rings is 1. The molecule has 1 aromatic carbocycles. The van der Waals surface area contributed by atoms with E-state index in [9.17, 15) is 4.79 Å². The minimum Gasteiger partial charge on any atom is -0.491 e. The van der Waals surface area contributed by atoms with E-state index in [0.717, 1.165) is 16.6 Å². The van der Waals surface area contributed by atoms with Gasteiger partial charge < -0.3 is 15.2 Å². The minimum atomic E-state index is -0.854. The van der Waals surface area contributed by atoms with Gasteiger partial charge in [-0.3, -0.25) is 4.79 Å². The smallest absolute Gasteiger partial charge is 0.320 e. The molecule has 5 nitrogen and oxygen atoms in total. The van der Waals surface area contributed by atoms with Crippen LogP contribution in [0.2, 0.25) is 0 Å². The third-order valence-corrected chi connectivity index (χ3v) is 3.24. The number of fused-ring (bicyclic) bond motifs is 1. The molecule has 0 saturated heterocycles. The maximum atomic E-state index is 11.1. The number of hydrogen-bond acceptors (Lipinski definition) is 4. The first-order valence-electron chi connectivity index (χ1n) is 7.07. The van der Waals surface area contributed by atoms with Crippen molar-refractivity contribution in [3.63, 3.8) is 0 Å².